The number of methoxy groups -OCH3 is 1. The Hall–Kier alpha value is -1.39. The lowest BCUT2D eigenvalue weighted by molar-refractivity contribution is 0.210. The highest BCUT2D eigenvalue weighted by atomic mass is 79.9. The van der Waals surface area contributed by atoms with Crippen LogP contribution >= 0.6 is 27.5 Å². The third-order valence-corrected chi connectivity index (χ3v) is 3.65. The van der Waals surface area contributed by atoms with Crippen molar-refractivity contribution in [1.82, 2.24) is 0 Å². The van der Waals surface area contributed by atoms with Crippen LogP contribution in [0.15, 0.2) is 46.9 Å². The third-order valence-electron chi connectivity index (χ3n) is 2.84. The molecule has 21 heavy (non-hydrogen) atoms. The second kappa shape index (κ2) is 8.15. The van der Waals surface area contributed by atoms with Crippen molar-refractivity contribution in [1.29, 1.82) is 0 Å². The normalized spacial score (nSPS) is 10.2. The van der Waals surface area contributed by atoms with Crippen molar-refractivity contribution in [3.05, 3.63) is 52.5 Å². The van der Waals surface area contributed by atoms with E-state index in [0.29, 0.717) is 30.6 Å². The summed E-state index contributed by atoms with van der Waals surface area (Å²) in [6, 6.07) is 13.3. The van der Waals surface area contributed by atoms with Crippen molar-refractivity contribution in [2.45, 2.75) is 5.88 Å². The molecule has 112 valence electrons. The molecule has 0 atom stereocenters. The zero-order valence-corrected chi connectivity index (χ0v) is 14.0. The van der Waals surface area contributed by atoms with Gasteiger partial charge in [0, 0.05) is 10.0 Å². The summed E-state index contributed by atoms with van der Waals surface area (Å²) in [7, 11) is 1.61. The third kappa shape index (κ3) is 4.55. The highest BCUT2D eigenvalue weighted by molar-refractivity contribution is 9.10. The maximum absolute atomic E-state index is 5.91. The lowest BCUT2D eigenvalue weighted by Gasteiger charge is -2.14. The van der Waals surface area contributed by atoms with E-state index >= 15 is 0 Å². The highest BCUT2D eigenvalue weighted by Crippen LogP contribution is 2.32. The van der Waals surface area contributed by atoms with E-state index in [1.54, 1.807) is 7.11 Å². The van der Waals surface area contributed by atoms with Gasteiger partial charge in [0.2, 0.25) is 0 Å². The number of para-hydroxylation sites is 1. The molecule has 0 heterocycles. The van der Waals surface area contributed by atoms with Gasteiger partial charge >= 0.3 is 0 Å². The molecule has 0 amide bonds. The van der Waals surface area contributed by atoms with Crippen molar-refractivity contribution < 1.29 is 14.2 Å². The molecule has 2 aromatic carbocycles. The Bertz CT molecular complexity index is 550. The van der Waals surface area contributed by atoms with Gasteiger partial charge in [0.1, 0.15) is 19.0 Å². The Balaban J connectivity index is 1.90. The summed E-state index contributed by atoms with van der Waals surface area (Å²) >= 11 is 9.30. The number of alkyl halides is 1. The minimum atomic E-state index is 0.375. The molecule has 0 N–H and O–H groups in total. The van der Waals surface area contributed by atoms with Crippen LogP contribution in [-0.4, -0.2) is 20.3 Å². The molecule has 3 nitrogen and oxygen atoms in total. The van der Waals surface area contributed by atoms with Crippen molar-refractivity contribution in [3.63, 3.8) is 0 Å². The van der Waals surface area contributed by atoms with Crippen molar-refractivity contribution in [2.24, 2.45) is 0 Å². The van der Waals surface area contributed by atoms with Crippen molar-refractivity contribution in [3.8, 4) is 17.2 Å². The summed E-state index contributed by atoms with van der Waals surface area (Å²) in [5, 5.41) is 0. The SMILES string of the molecule is COc1cccc(CCl)c1OCCOc1ccc(Br)cc1. The number of rotatable bonds is 7. The van der Waals surface area contributed by atoms with Gasteiger partial charge in [0.15, 0.2) is 11.5 Å². The van der Waals surface area contributed by atoms with Gasteiger partial charge in [-0.1, -0.05) is 28.1 Å². The van der Waals surface area contributed by atoms with Gasteiger partial charge in [-0.15, -0.1) is 11.6 Å². The molecule has 0 saturated carbocycles. The first-order valence-corrected chi connectivity index (χ1v) is 7.80. The first-order valence-electron chi connectivity index (χ1n) is 6.47. The Labute approximate surface area is 137 Å². The number of ether oxygens (including phenoxy) is 3. The van der Waals surface area contributed by atoms with Crippen LogP contribution in [0.1, 0.15) is 5.56 Å². The minimum Gasteiger partial charge on any atom is -0.493 e. The van der Waals surface area contributed by atoms with Crippen LogP contribution in [0.2, 0.25) is 0 Å². The molecule has 0 aliphatic heterocycles. The molecule has 0 aliphatic carbocycles. The summed E-state index contributed by atoms with van der Waals surface area (Å²) < 4.78 is 17.7. The van der Waals surface area contributed by atoms with Crippen LogP contribution in [0.25, 0.3) is 0 Å². The summed E-state index contributed by atoms with van der Waals surface area (Å²) in [6.45, 7) is 0.863. The quantitative estimate of drug-likeness (QED) is 0.523. The zero-order valence-electron chi connectivity index (χ0n) is 11.6. The molecule has 0 aliphatic rings. The average molecular weight is 372 g/mol. The fourth-order valence-corrected chi connectivity index (χ4v) is 2.30. The Kier molecular flexibility index (Phi) is 6.21. The maximum Gasteiger partial charge on any atom is 0.165 e. The lowest BCUT2D eigenvalue weighted by Crippen LogP contribution is -2.10. The lowest BCUT2D eigenvalue weighted by atomic mass is 10.2. The van der Waals surface area contributed by atoms with E-state index in [0.717, 1.165) is 15.8 Å². The van der Waals surface area contributed by atoms with Gasteiger partial charge < -0.3 is 14.2 Å². The number of benzene rings is 2. The molecule has 0 saturated heterocycles. The molecule has 5 heteroatoms. The number of hydrogen-bond donors (Lipinski definition) is 0. The van der Waals surface area contributed by atoms with E-state index in [1.165, 1.54) is 0 Å². The maximum atomic E-state index is 5.91. The monoisotopic (exact) mass is 370 g/mol. The van der Waals surface area contributed by atoms with E-state index in [-0.39, 0.29) is 0 Å². The predicted octanol–water partition coefficient (Wildman–Crippen LogP) is 4.65. The van der Waals surface area contributed by atoms with Crippen LogP contribution in [0.5, 0.6) is 17.2 Å². The molecular weight excluding hydrogens is 356 g/mol. The fourth-order valence-electron chi connectivity index (χ4n) is 1.83. The van der Waals surface area contributed by atoms with Gasteiger partial charge in [0.25, 0.3) is 0 Å². The number of halogens is 2. The van der Waals surface area contributed by atoms with Crippen LogP contribution in [0.4, 0.5) is 0 Å². The van der Waals surface area contributed by atoms with E-state index < -0.39 is 0 Å². The largest absolute Gasteiger partial charge is 0.493 e. The standard InChI is InChI=1S/C16H16BrClO3/c1-19-15-4-2-3-12(11-18)16(15)21-10-9-20-14-7-5-13(17)6-8-14/h2-8H,9-11H2,1H3. The van der Waals surface area contributed by atoms with Crippen LogP contribution in [0, 0.1) is 0 Å². The zero-order chi connectivity index (χ0) is 15.1. The van der Waals surface area contributed by atoms with Crippen LogP contribution in [0.3, 0.4) is 0 Å². The smallest absolute Gasteiger partial charge is 0.165 e. The summed E-state index contributed by atoms with van der Waals surface area (Å²) in [5.41, 5.74) is 0.902. The Morgan fingerprint density at radius 3 is 2.38 bits per heavy atom. The molecule has 0 unspecified atom stereocenters. The van der Waals surface area contributed by atoms with Gasteiger partial charge in [-0.25, -0.2) is 0 Å². The van der Waals surface area contributed by atoms with E-state index in [9.17, 15) is 0 Å². The predicted molar refractivity (Wildman–Crippen MR) is 87.7 cm³/mol. The Morgan fingerprint density at radius 1 is 1.00 bits per heavy atom. The number of hydrogen-bond acceptors (Lipinski definition) is 3. The summed E-state index contributed by atoms with van der Waals surface area (Å²) in [4.78, 5) is 0. The molecule has 0 aromatic heterocycles. The van der Waals surface area contributed by atoms with Crippen LogP contribution < -0.4 is 14.2 Å². The molecule has 2 rings (SSSR count). The fraction of sp³-hybridized carbons (Fsp3) is 0.250. The molecule has 0 radical (unpaired) electrons. The first-order chi connectivity index (χ1) is 10.2. The molecule has 2 aromatic rings. The van der Waals surface area contributed by atoms with E-state index in [2.05, 4.69) is 15.9 Å². The van der Waals surface area contributed by atoms with Gasteiger partial charge in [0.05, 0.1) is 13.0 Å². The summed E-state index contributed by atoms with van der Waals surface area (Å²) in [6.07, 6.45) is 0. The molecule has 0 bridgehead atoms. The second-order valence-corrected chi connectivity index (χ2v) is 5.42. The van der Waals surface area contributed by atoms with Gasteiger partial charge in [-0.05, 0) is 30.3 Å². The minimum absolute atomic E-state index is 0.375. The highest BCUT2D eigenvalue weighted by Gasteiger charge is 2.09. The van der Waals surface area contributed by atoms with E-state index in [4.69, 9.17) is 25.8 Å². The van der Waals surface area contributed by atoms with Crippen molar-refractivity contribution >= 4 is 27.5 Å². The van der Waals surface area contributed by atoms with Gasteiger partial charge in [-0.3, -0.25) is 0 Å². The molecule has 0 fully saturated rings. The second-order valence-electron chi connectivity index (χ2n) is 4.23. The first kappa shape index (κ1) is 16.0. The van der Waals surface area contributed by atoms with Crippen LogP contribution in [-0.2, 0) is 5.88 Å². The average Bonchev–Trinajstić information content (AvgIpc) is 2.53. The van der Waals surface area contributed by atoms with Gasteiger partial charge in [-0.2, -0.15) is 0 Å². The molecule has 0 spiro atoms. The van der Waals surface area contributed by atoms with E-state index in [1.807, 2.05) is 42.5 Å². The van der Waals surface area contributed by atoms with Crippen molar-refractivity contribution in [2.75, 3.05) is 20.3 Å². The molecular formula is C16H16BrClO3. The Morgan fingerprint density at radius 2 is 1.71 bits per heavy atom. The topological polar surface area (TPSA) is 27.7 Å². The summed E-state index contributed by atoms with van der Waals surface area (Å²) in [5.74, 6) is 2.53.